The summed E-state index contributed by atoms with van der Waals surface area (Å²) in [4.78, 5) is 22.8. The lowest BCUT2D eigenvalue weighted by Gasteiger charge is -2.36. The third kappa shape index (κ3) is 4.19. The van der Waals surface area contributed by atoms with Crippen molar-refractivity contribution in [3.63, 3.8) is 0 Å². The Morgan fingerprint density at radius 2 is 1.88 bits per heavy atom. The first-order valence-corrected chi connectivity index (χ1v) is 11.4. The van der Waals surface area contributed by atoms with E-state index in [0.29, 0.717) is 12.0 Å². The number of carbonyl (C=O) groups excluding carboxylic acids is 1. The van der Waals surface area contributed by atoms with Crippen molar-refractivity contribution in [2.75, 3.05) is 6.61 Å². The number of Topliss-reactive ketones (excluding diaryl/α,β-unsaturated/α-hetero) is 1. The van der Waals surface area contributed by atoms with E-state index in [-0.39, 0.29) is 10.6 Å². The van der Waals surface area contributed by atoms with Gasteiger partial charge in [0.1, 0.15) is 0 Å². The van der Waals surface area contributed by atoms with Gasteiger partial charge in [0.25, 0.3) is 5.78 Å². The van der Waals surface area contributed by atoms with Gasteiger partial charge in [-0.2, -0.15) is 0 Å². The molecule has 0 aliphatic carbocycles. The van der Waals surface area contributed by atoms with E-state index in [0.717, 1.165) is 18.5 Å². The van der Waals surface area contributed by atoms with Crippen LogP contribution < -0.4 is 0 Å². The number of aryl methyl sites for hydroxylation is 1. The van der Waals surface area contributed by atoms with Crippen LogP contribution in [0.2, 0.25) is 18.1 Å². The summed E-state index contributed by atoms with van der Waals surface area (Å²) in [6.45, 7) is 12.6. The van der Waals surface area contributed by atoms with Gasteiger partial charge in [0.05, 0.1) is 0 Å². The Bertz CT molecular complexity index is 786. The number of aliphatic carboxylic acids is 1. The highest BCUT2D eigenvalue weighted by atomic mass is 28.4. The lowest BCUT2D eigenvalue weighted by Crippen LogP contribution is -2.41. The molecule has 25 heavy (non-hydrogen) atoms. The summed E-state index contributed by atoms with van der Waals surface area (Å²) in [6.07, 6.45) is 2.77. The van der Waals surface area contributed by atoms with Crippen LogP contribution in [0.5, 0.6) is 0 Å². The standard InChI is InChI=1S/C19H27NO4Si/c1-19(2,3)25(4,5)24-13-7-11-20-12-10-14-15(17(21)18(22)23)8-6-9-16(14)20/h6,8-10,12H,7,11,13H2,1-5H3,(H,22,23). The number of nitrogens with zero attached hydrogens (tertiary/aromatic N) is 1. The summed E-state index contributed by atoms with van der Waals surface area (Å²) in [5.74, 6) is -2.30. The Hall–Kier alpha value is -1.92. The number of ketones is 1. The minimum absolute atomic E-state index is 0.194. The summed E-state index contributed by atoms with van der Waals surface area (Å²) in [5, 5.41) is 9.82. The lowest BCUT2D eigenvalue weighted by atomic mass is 10.1. The molecule has 0 aliphatic heterocycles. The molecule has 1 heterocycles. The number of carbonyl (C=O) groups is 2. The van der Waals surface area contributed by atoms with Crippen LogP contribution in [-0.4, -0.2) is 36.4 Å². The van der Waals surface area contributed by atoms with Gasteiger partial charge in [-0.3, -0.25) is 4.79 Å². The van der Waals surface area contributed by atoms with Crippen molar-refractivity contribution in [3.8, 4) is 0 Å². The lowest BCUT2D eigenvalue weighted by molar-refractivity contribution is -0.131. The SMILES string of the molecule is CC(C)(C)[Si](C)(C)OCCCn1ccc2c(C(=O)C(=O)O)cccc21. The van der Waals surface area contributed by atoms with Gasteiger partial charge in [-0.25, -0.2) is 4.79 Å². The Morgan fingerprint density at radius 1 is 1.20 bits per heavy atom. The van der Waals surface area contributed by atoms with Crippen molar-refractivity contribution < 1.29 is 19.1 Å². The smallest absolute Gasteiger partial charge is 0.377 e. The summed E-state index contributed by atoms with van der Waals surface area (Å²) >= 11 is 0. The Kier molecular flexibility index (Phi) is 5.54. The number of rotatable bonds is 7. The second kappa shape index (κ2) is 7.13. The van der Waals surface area contributed by atoms with Gasteiger partial charge >= 0.3 is 5.97 Å². The first-order valence-electron chi connectivity index (χ1n) is 8.54. The van der Waals surface area contributed by atoms with Gasteiger partial charge in [0.15, 0.2) is 8.32 Å². The highest BCUT2D eigenvalue weighted by Gasteiger charge is 2.36. The van der Waals surface area contributed by atoms with Crippen molar-refractivity contribution in [2.24, 2.45) is 0 Å². The third-order valence-corrected chi connectivity index (χ3v) is 9.60. The number of benzene rings is 1. The van der Waals surface area contributed by atoms with Crippen LogP contribution in [0, 0.1) is 0 Å². The maximum atomic E-state index is 11.8. The molecular formula is C19H27NO4Si. The predicted molar refractivity (Wildman–Crippen MR) is 102 cm³/mol. The summed E-state index contributed by atoms with van der Waals surface area (Å²) in [5.41, 5.74) is 1.11. The second-order valence-electron chi connectivity index (χ2n) is 7.84. The quantitative estimate of drug-likeness (QED) is 0.345. The van der Waals surface area contributed by atoms with E-state index in [2.05, 4.69) is 33.9 Å². The highest BCUT2D eigenvalue weighted by molar-refractivity contribution is 6.74. The zero-order chi connectivity index (χ0) is 18.8. The van der Waals surface area contributed by atoms with Crippen LogP contribution in [0.25, 0.3) is 10.9 Å². The number of hydrogen-bond acceptors (Lipinski definition) is 3. The molecule has 0 bridgehead atoms. The topological polar surface area (TPSA) is 68.5 Å². The normalized spacial score (nSPS) is 12.5. The van der Waals surface area contributed by atoms with Gasteiger partial charge in [-0.05, 0) is 36.7 Å². The molecule has 0 radical (unpaired) electrons. The molecule has 0 amide bonds. The fourth-order valence-corrected chi connectivity index (χ4v) is 3.60. The average molecular weight is 362 g/mol. The molecule has 1 N–H and O–H groups in total. The number of carboxylic acid groups (broad SMARTS) is 1. The molecule has 0 saturated heterocycles. The molecular weight excluding hydrogens is 334 g/mol. The Labute approximate surface area is 149 Å². The van der Waals surface area contributed by atoms with Crippen molar-refractivity contribution >= 4 is 31.0 Å². The molecule has 1 aromatic heterocycles. The van der Waals surface area contributed by atoms with Crippen LogP contribution >= 0.6 is 0 Å². The molecule has 5 nitrogen and oxygen atoms in total. The summed E-state index contributed by atoms with van der Waals surface area (Å²) in [7, 11) is -1.74. The van der Waals surface area contributed by atoms with Crippen molar-refractivity contribution in [1.29, 1.82) is 0 Å². The van der Waals surface area contributed by atoms with E-state index in [1.165, 1.54) is 0 Å². The average Bonchev–Trinajstić information content (AvgIpc) is 2.92. The van der Waals surface area contributed by atoms with E-state index in [1.807, 2.05) is 16.8 Å². The van der Waals surface area contributed by atoms with Crippen LogP contribution in [0.3, 0.4) is 0 Å². The fourth-order valence-electron chi connectivity index (χ4n) is 2.51. The zero-order valence-electron chi connectivity index (χ0n) is 15.6. The van der Waals surface area contributed by atoms with Crippen molar-refractivity contribution in [2.45, 2.75) is 51.9 Å². The molecule has 2 rings (SSSR count). The molecule has 0 atom stereocenters. The van der Waals surface area contributed by atoms with Crippen LogP contribution in [0.15, 0.2) is 30.5 Å². The number of carboxylic acids is 1. The van der Waals surface area contributed by atoms with E-state index in [1.54, 1.807) is 18.2 Å². The molecule has 2 aromatic rings. The Balaban J connectivity index is 2.07. The van der Waals surface area contributed by atoms with Crippen LogP contribution in [0.1, 0.15) is 37.6 Å². The first-order chi connectivity index (χ1) is 11.5. The minimum atomic E-state index is -1.74. The summed E-state index contributed by atoms with van der Waals surface area (Å²) in [6, 6.07) is 6.99. The molecule has 0 spiro atoms. The molecule has 136 valence electrons. The third-order valence-electron chi connectivity index (χ3n) is 5.07. The maximum Gasteiger partial charge on any atom is 0.377 e. The van der Waals surface area contributed by atoms with E-state index >= 15 is 0 Å². The van der Waals surface area contributed by atoms with E-state index in [9.17, 15) is 9.59 Å². The van der Waals surface area contributed by atoms with E-state index < -0.39 is 20.1 Å². The van der Waals surface area contributed by atoms with Crippen molar-refractivity contribution in [1.82, 2.24) is 4.57 Å². The highest BCUT2D eigenvalue weighted by Crippen LogP contribution is 2.36. The van der Waals surface area contributed by atoms with Gasteiger partial charge in [0.2, 0.25) is 0 Å². The molecule has 6 heteroatoms. The molecule has 1 aromatic carbocycles. The number of aromatic nitrogens is 1. The monoisotopic (exact) mass is 361 g/mol. The Morgan fingerprint density at radius 3 is 2.48 bits per heavy atom. The second-order valence-corrected chi connectivity index (χ2v) is 12.7. The largest absolute Gasteiger partial charge is 0.475 e. The van der Waals surface area contributed by atoms with E-state index in [4.69, 9.17) is 9.53 Å². The van der Waals surface area contributed by atoms with Crippen LogP contribution in [-0.2, 0) is 15.8 Å². The first kappa shape index (κ1) is 19.4. The molecule has 0 unspecified atom stereocenters. The molecule has 0 fully saturated rings. The number of hydrogen-bond donors (Lipinski definition) is 1. The minimum Gasteiger partial charge on any atom is -0.475 e. The zero-order valence-corrected chi connectivity index (χ0v) is 16.6. The van der Waals surface area contributed by atoms with Crippen molar-refractivity contribution in [3.05, 3.63) is 36.0 Å². The predicted octanol–water partition coefficient (Wildman–Crippen LogP) is 4.32. The van der Waals surface area contributed by atoms with Gasteiger partial charge in [0, 0.05) is 35.8 Å². The fraction of sp³-hybridized carbons (Fsp3) is 0.474. The van der Waals surface area contributed by atoms with Crippen LogP contribution in [0.4, 0.5) is 0 Å². The number of fused-ring (bicyclic) bond motifs is 1. The van der Waals surface area contributed by atoms with Gasteiger partial charge in [-0.1, -0.05) is 32.9 Å². The molecule has 0 saturated carbocycles. The maximum absolute atomic E-state index is 11.8. The molecule has 0 aliphatic rings. The van der Waals surface area contributed by atoms with Gasteiger partial charge < -0.3 is 14.1 Å². The summed E-state index contributed by atoms with van der Waals surface area (Å²) < 4.78 is 8.24. The van der Waals surface area contributed by atoms with Gasteiger partial charge in [-0.15, -0.1) is 0 Å².